The number of hydrogen-bond donors (Lipinski definition) is 2. The SMILES string of the molecule is CNS(=O)(=O)c1ccc(NC2CC(=O)N(C3CC3)C2)nc1. The smallest absolute Gasteiger partial charge is 0.241 e. The monoisotopic (exact) mass is 310 g/mol. The lowest BCUT2D eigenvalue weighted by Crippen LogP contribution is -2.29. The molecule has 0 aromatic carbocycles. The Morgan fingerprint density at radius 2 is 2.10 bits per heavy atom. The number of hydrogen-bond acceptors (Lipinski definition) is 5. The highest BCUT2D eigenvalue weighted by atomic mass is 32.2. The van der Waals surface area contributed by atoms with Gasteiger partial charge >= 0.3 is 0 Å². The van der Waals surface area contributed by atoms with Crippen LogP contribution in [0.3, 0.4) is 0 Å². The first-order valence-electron chi connectivity index (χ1n) is 6.95. The third-order valence-electron chi connectivity index (χ3n) is 3.81. The van der Waals surface area contributed by atoms with Crippen molar-refractivity contribution in [1.29, 1.82) is 0 Å². The van der Waals surface area contributed by atoms with Crippen molar-refractivity contribution in [2.75, 3.05) is 18.9 Å². The lowest BCUT2D eigenvalue weighted by atomic mass is 10.2. The van der Waals surface area contributed by atoms with Gasteiger partial charge in [0, 0.05) is 25.2 Å². The molecule has 0 spiro atoms. The fourth-order valence-corrected chi connectivity index (χ4v) is 3.19. The van der Waals surface area contributed by atoms with Crippen LogP contribution < -0.4 is 10.0 Å². The molecule has 2 heterocycles. The molecule has 2 aliphatic rings. The molecular weight excluding hydrogens is 292 g/mol. The molecule has 3 rings (SSSR count). The predicted molar refractivity (Wildman–Crippen MR) is 77.2 cm³/mol. The molecule has 1 saturated carbocycles. The van der Waals surface area contributed by atoms with E-state index in [4.69, 9.17) is 0 Å². The second-order valence-electron chi connectivity index (χ2n) is 5.41. The number of amides is 1. The normalized spacial score (nSPS) is 22.6. The van der Waals surface area contributed by atoms with Crippen LogP contribution in [0, 0.1) is 0 Å². The summed E-state index contributed by atoms with van der Waals surface area (Å²) >= 11 is 0. The summed E-state index contributed by atoms with van der Waals surface area (Å²) in [5.74, 6) is 0.768. The molecule has 1 aromatic heterocycles. The van der Waals surface area contributed by atoms with Crippen molar-refractivity contribution in [1.82, 2.24) is 14.6 Å². The zero-order valence-corrected chi connectivity index (χ0v) is 12.6. The summed E-state index contributed by atoms with van der Waals surface area (Å²) in [6.45, 7) is 0.696. The minimum atomic E-state index is -3.47. The average molecular weight is 310 g/mol. The fraction of sp³-hybridized carbons (Fsp3) is 0.538. The molecule has 2 fully saturated rings. The number of pyridine rings is 1. The van der Waals surface area contributed by atoms with E-state index in [2.05, 4.69) is 15.0 Å². The van der Waals surface area contributed by atoms with E-state index in [1.165, 1.54) is 19.3 Å². The van der Waals surface area contributed by atoms with Gasteiger partial charge in [-0.15, -0.1) is 0 Å². The van der Waals surface area contributed by atoms with Crippen molar-refractivity contribution in [3.05, 3.63) is 18.3 Å². The summed E-state index contributed by atoms with van der Waals surface area (Å²) < 4.78 is 25.4. The van der Waals surface area contributed by atoms with Gasteiger partial charge in [0.25, 0.3) is 0 Å². The summed E-state index contributed by atoms with van der Waals surface area (Å²) in [4.78, 5) is 18.0. The van der Waals surface area contributed by atoms with Crippen molar-refractivity contribution in [3.8, 4) is 0 Å². The van der Waals surface area contributed by atoms with Gasteiger partial charge in [-0.3, -0.25) is 4.79 Å². The van der Waals surface area contributed by atoms with Gasteiger partial charge in [-0.1, -0.05) is 0 Å². The molecule has 1 aliphatic carbocycles. The third kappa shape index (κ3) is 3.01. The third-order valence-corrected chi connectivity index (χ3v) is 5.21. The second-order valence-corrected chi connectivity index (χ2v) is 7.30. The molecule has 114 valence electrons. The van der Waals surface area contributed by atoms with Crippen LogP contribution in [0.15, 0.2) is 23.2 Å². The summed E-state index contributed by atoms with van der Waals surface area (Å²) in [6, 6.07) is 3.59. The van der Waals surface area contributed by atoms with E-state index >= 15 is 0 Å². The van der Waals surface area contributed by atoms with Crippen LogP contribution in [0.4, 0.5) is 5.82 Å². The summed E-state index contributed by atoms with van der Waals surface area (Å²) in [5.41, 5.74) is 0. The molecular formula is C13H18N4O3S. The maximum Gasteiger partial charge on any atom is 0.241 e. The Balaban J connectivity index is 1.65. The van der Waals surface area contributed by atoms with Crippen LogP contribution in [0.1, 0.15) is 19.3 Å². The number of nitrogens with zero attached hydrogens (tertiary/aromatic N) is 2. The largest absolute Gasteiger partial charge is 0.365 e. The van der Waals surface area contributed by atoms with Gasteiger partial charge in [0.05, 0.1) is 6.04 Å². The van der Waals surface area contributed by atoms with E-state index in [9.17, 15) is 13.2 Å². The Kier molecular flexibility index (Phi) is 3.58. The van der Waals surface area contributed by atoms with E-state index in [0.29, 0.717) is 24.8 Å². The highest BCUT2D eigenvalue weighted by Gasteiger charge is 2.39. The molecule has 7 nitrogen and oxygen atoms in total. The summed E-state index contributed by atoms with van der Waals surface area (Å²) in [6.07, 6.45) is 3.99. The Labute approximate surface area is 123 Å². The van der Waals surface area contributed by atoms with Gasteiger partial charge in [-0.2, -0.15) is 0 Å². The first kappa shape index (κ1) is 14.3. The van der Waals surface area contributed by atoms with Crippen LogP contribution >= 0.6 is 0 Å². The lowest BCUT2D eigenvalue weighted by Gasteiger charge is -2.16. The Bertz CT molecular complexity index is 640. The molecule has 21 heavy (non-hydrogen) atoms. The van der Waals surface area contributed by atoms with Gasteiger partial charge in [-0.05, 0) is 32.0 Å². The number of carbonyl (C=O) groups excluding carboxylic acids is 1. The first-order valence-corrected chi connectivity index (χ1v) is 8.43. The zero-order chi connectivity index (χ0) is 15.0. The van der Waals surface area contributed by atoms with Crippen molar-refractivity contribution in [2.24, 2.45) is 0 Å². The minimum absolute atomic E-state index is 0.0392. The highest BCUT2D eigenvalue weighted by Crippen LogP contribution is 2.31. The molecule has 1 amide bonds. The number of likely N-dealkylation sites (tertiary alicyclic amines) is 1. The van der Waals surface area contributed by atoms with E-state index in [0.717, 1.165) is 12.8 Å². The molecule has 1 saturated heterocycles. The van der Waals surface area contributed by atoms with Crippen molar-refractivity contribution in [3.63, 3.8) is 0 Å². The maximum atomic E-state index is 11.9. The molecule has 1 atom stereocenters. The van der Waals surface area contributed by atoms with Crippen LogP contribution in [-0.2, 0) is 14.8 Å². The highest BCUT2D eigenvalue weighted by molar-refractivity contribution is 7.89. The van der Waals surface area contributed by atoms with Crippen molar-refractivity contribution < 1.29 is 13.2 Å². The van der Waals surface area contributed by atoms with E-state index in [1.807, 2.05) is 4.90 Å². The van der Waals surface area contributed by atoms with Gasteiger partial charge in [-0.25, -0.2) is 18.1 Å². The van der Waals surface area contributed by atoms with Gasteiger partial charge in [0.1, 0.15) is 10.7 Å². The number of anilines is 1. The molecule has 1 unspecified atom stereocenters. The van der Waals surface area contributed by atoms with Gasteiger partial charge < -0.3 is 10.2 Å². The molecule has 1 aromatic rings. The molecule has 8 heteroatoms. The zero-order valence-electron chi connectivity index (χ0n) is 11.7. The van der Waals surface area contributed by atoms with Crippen LogP contribution in [0.2, 0.25) is 0 Å². The minimum Gasteiger partial charge on any atom is -0.365 e. The van der Waals surface area contributed by atoms with E-state index in [-0.39, 0.29) is 16.8 Å². The average Bonchev–Trinajstić information content (AvgIpc) is 3.24. The van der Waals surface area contributed by atoms with Crippen molar-refractivity contribution >= 4 is 21.7 Å². The molecule has 0 radical (unpaired) electrons. The standard InChI is InChI=1S/C13H18N4O3S/c1-14-21(19,20)11-4-5-12(15-7-11)16-9-6-13(18)17(8-9)10-2-3-10/h4-5,7,9-10,14H,2-3,6,8H2,1H3,(H,15,16). The maximum absolute atomic E-state index is 11.9. The Morgan fingerprint density at radius 3 is 2.67 bits per heavy atom. The fourth-order valence-electron chi connectivity index (χ4n) is 2.52. The topological polar surface area (TPSA) is 91.4 Å². The Morgan fingerprint density at radius 1 is 1.33 bits per heavy atom. The predicted octanol–water partition coefficient (Wildman–Crippen LogP) is 0.165. The van der Waals surface area contributed by atoms with Crippen LogP contribution in [-0.4, -0.2) is 49.9 Å². The van der Waals surface area contributed by atoms with Crippen LogP contribution in [0.25, 0.3) is 0 Å². The Hall–Kier alpha value is -1.67. The van der Waals surface area contributed by atoms with E-state index < -0.39 is 10.0 Å². The number of carbonyl (C=O) groups is 1. The second kappa shape index (κ2) is 5.27. The van der Waals surface area contributed by atoms with Gasteiger partial charge in [0.15, 0.2) is 0 Å². The molecule has 2 N–H and O–H groups in total. The number of nitrogens with one attached hydrogen (secondary N) is 2. The van der Waals surface area contributed by atoms with Gasteiger partial charge in [0.2, 0.25) is 15.9 Å². The number of aromatic nitrogens is 1. The quantitative estimate of drug-likeness (QED) is 0.808. The molecule has 1 aliphatic heterocycles. The first-order chi connectivity index (χ1) is 9.99. The lowest BCUT2D eigenvalue weighted by molar-refractivity contribution is -0.128. The summed E-state index contributed by atoms with van der Waals surface area (Å²) in [5, 5.41) is 3.19. The number of sulfonamides is 1. The van der Waals surface area contributed by atoms with Crippen LogP contribution in [0.5, 0.6) is 0 Å². The summed E-state index contributed by atoms with van der Waals surface area (Å²) in [7, 11) is -2.11. The molecule has 0 bridgehead atoms. The van der Waals surface area contributed by atoms with E-state index in [1.54, 1.807) is 6.07 Å². The van der Waals surface area contributed by atoms with Crippen molar-refractivity contribution in [2.45, 2.75) is 36.2 Å². The number of rotatable bonds is 5.